The number of nitrogens with zero attached hydrogens (tertiary/aromatic N) is 2. The first kappa shape index (κ1) is 11.8. The molecular weight excluding hydrogens is 190 g/mol. The Labute approximate surface area is 90.7 Å². The van der Waals surface area contributed by atoms with Crippen molar-refractivity contribution in [3.05, 3.63) is 18.2 Å². The summed E-state index contributed by atoms with van der Waals surface area (Å²) in [4.78, 5) is 15.3. The first-order chi connectivity index (χ1) is 7.27. The number of aryl methyl sites for hydroxylation is 2. The summed E-state index contributed by atoms with van der Waals surface area (Å²) in [5.74, 6) is 1.22. The monoisotopic (exact) mass is 209 g/mol. The standard InChI is InChI=1S/C11H19N3O/c1-3-5-10-13-7-9-14(10)8-4-6-11(15)12-2/h7,9H,3-6,8H2,1-2H3,(H,12,15). The van der Waals surface area contributed by atoms with Gasteiger partial charge in [0.1, 0.15) is 5.82 Å². The highest BCUT2D eigenvalue weighted by Crippen LogP contribution is 2.03. The topological polar surface area (TPSA) is 46.9 Å². The van der Waals surface area contributed by atoms with Gasteiger partial charge in [0.2, 0.25) is 5.91 Å². The van der Waals surface area contributed by atoms with Crippen LogP contribution in [-0.4, -0.2) is 22.5 Å². The lowest BCUT2D eigenvalue weighted by Gasteiger charge is -2.06. The maximum Gasteiger partial charge on any atom is 0.219 e. The molecule has 1 N–H and O–H groups in total. The van der Waals surface area contributed by atoms with Gasteiger partial charge in [0.15, 0.2) is 0 Å². The zero-order valence-electron chi connectivity index (χ0n) is 9.49. The fourth-order valence-corrected chi connectivity index (χ4v) is 1.53. The molecule has 0 aliphatic rings. The molecule has 4 heteroatoms. The van der Waals surface area contributed by atoms with Gasteiger partial charge in [-0.15, -0.1) is 0 Å². The van der Waals surface area contributed by atoms with Gasteiger partial charge in [0.05, 0.1) is 0 Å². The minimum atomic E-state index is 0.104. The molecule has 1 heterocycles. The van der Waals surface area contributed by atoms with Gasteiger partial charge in [-0.1, -0.05) is 6.92 Å². The minimum absolute atomic E-state index is 0.104. The molecular formula is C11H19N3O. The van der Waals surface area contributed by atoms with Gasteiger partial charge >= 0.3 is 0 Å². The van der Waals surface area contributed by atoms with Crippen molar-refractivity contribution in [2.24, 2.45) is 0 Å². The van der Waals surface area contributed by atoms with Crippen LogP contribution < -0.4 is 5.32 Å². The highest BCUT2D eigenvalue weighted by molar-refractivity contribution is 5.75. The number of aromatic nitrogens is 2. The molecule has 1 rings (SSSR count). The third kappa shape index (κ3) is 3.73. The molecule has 0 spiro atoms. The van der Waals surface area contributed by atoms with Crippen LogP contribution in [0, 0.1) is 0 Å². The smallest absolute Gasteiger partial charge is 0.219 e. The Morgan fingerprint density at radius 1 is 1.60 bits per heavy atom. The quantitative estimate of drug-likeness (QED) is 0.769. The van der Waals surface area contributed by atoms with Crippen LogP contribution in [0.5, 0.6) is 0 Å². The predicted octanol–water partition coefficient (Wildman–Crippen LogP) is 1.36. The summed E-state index contributed by atoms with van der Waals surface area (Å²) in [6, 6.07) is 0. The van der Waals surface area contributed by atoms with Crippen LogP contribution in [0.3, 0.4) is 0 Å². The van der Waals surface area contributed by atoms with Gasteiger partial charge in [-0.25, -0.2) is 4.98 Å². The minimum Gasteiger partial charge on any atom is -0.359 e. The number of imidazole rings is 1. The van der Waals surface area contributed by atoms with Crippen molar-refractivity contribution in [2.45, 2.75) is 39.2 Å². The van der Waals surface area contributed by atoms with E-state index in [1.54, 1.807) is 7.05 Å². The number of nitrogens with one attached hydrogen (secondary N) is 1. The molecule has 0 saturated heterocycles. The molecule has 1 aromatic rings. The van der Waals surface area contributed by atoms with Gasteiger partial charge in [0, 0.05) is 38.8 Å². The molecule has 0 radical (unpaired) electrons. The van der Waals surface area contributed by atoms with Crippen molar-refractivity contribution < 1.29 is 4.79 Å². The van der Waals surface area contributed by atoms with Gasteiger partial charge in [0.25, 0.3) is 0 Å². The molecule has 0 unspecified atom stereocenters. The number of carbonyl (C=O) groups is 1. The Morgan fingerprint density at radius 3 is 3.07 bits per heavy atom. The first-order valence-corrected chi connectivity index (χ1v) is 5.48. The normalized spacial score (nSPS) is 10.3. The van der Waals surface area contributed by atoms with E-state index in [1.165, 1.54) is 0 Å². The fraction of sp³-hybridized carbons (Fsp3) is 0.636. The zero-order valence-corrected chi connectivity index (χ0v) is 9.49. The van der Waals surface area contributed by atoms with Crippen LogP contribution in [0.2, 0.25) is 0 Å². The van der Waals surface area contributed by atoms with Gasteiger partial charge < -0.3 is 9.88 Å². The summed E-state index contributed by atoms with van der Waals surface area (Å²) in [5, 5.41) is 2.62. The van der Waals surface area contributed by atoms with E-state index in [0.29, 0.717) is 6.42 Å². The molecule has 0 saturated carbocycles. The molecule has 15 heavy (non-hydrogen) atoms. The van der Waals surface area contributed by atoms with Crippen LogP contribution in [0.4, 0.5) is 0 Å². The third-order valence-corrected chi connectivity index (χ3v) is 2.36. The van der Waals surface area contributed by atoms with Crippen molar-refractivity contribution in [3.8, 4) is 0 Å². The zero-order chi connectivity index (χ0) is 11.1. The first-order valence-electron chi connectivity index (χ1n) is 5.48. The number of rotatable bonds is 6. The van der Waals surface area contributed by atoms with E-state index in [9.17, 15) is 4.79 Å². The molecule has 0 atom stereocenters. The lowest BCUT2D eigenvalue weighted by atomic mass is 10.3. The number of carbonyl (C=O) groups excluding carboxylic acids is 1. The van der Waals surface area contributed by atoms with E-state index in [-0.39, 0.29) is 5.91 Å². The summed E-state index contributed by atoms with van der Waals surface area (Å²) in [7, 11) is 1.67. The van der Waals surface area contributed by atoms with E-state index >= 15 is 0 Å². The average Bonchev–Trinajstić information content (AvgIpc) is 2.66. The van der Waals surface area contributed by atoms with Gasteiger partial charge in [-0.3, -0.25) is 4.79 Å². The lowest BCUT2D eigenvalue weighted by Crippen LogP contribution is -2.18. The van der Waals surface area contributed by atoms with Crippen LogP contribution in [0.25, 0.3) is 0 Å². The molecule has 0 fully saturated rings. The highest BCUT2D eigenvalue weighted by Gasteiger charge is 2.02. The second kappa shape index (κ2) is 6.22. The fourth-order valence-electron chi connectivity index (χ4n) is 1.53. The SMILES string of the molecule is CCCc1nccn1CCCC(=O)NC. The van der Waals surface area contributed by atoms with Crippen LogP contribution >= 0.6 is 0 Å². The van der Waals surface area contributed by atoms with Crippen molar-refractivity contribution >= 4 is 5.91 Å². The number of hydrogen-bond acceptors (Lipinski definition) is 2. The molecule has 0 aliphatic carbocycles. The van der Waals surface area contributed by atoms with Crippen LogP contribution in [-0.2, 0) is 17.8 Å². The molecule has 4 nitrogen and oxygen atoms in total. The number of hydrogen-bond donors (Lipinski definition) is 1. The highest BCUT2D eigenvalue weighted by atomic mass is 16.1. The Hall–Kier alpha value is -1.32. The van der Waals surface area contributed by atoms with E-state index < -0.39 is 0 Å². The van der Waals surface area contributed by atoms with E-state index in [1.807, 2.05) is 12.4 Å². The largest absolute Gasteiger partial charge is 0.359 e. The summed E-state index contributed by atoms with van der Waals surface area (Å²) in [6.07, 6.45) is 7.37. The molecule has 1 amide bonds. The van der Waals surface area contributed by atoms with E-state index in [2.05, 4.69) is 21.8 Å². The summed E-state index contributed by atoms with van der Waals surface area (Å²) >= 11 is 0. The second-order valence-corrected chi connectivity index (χ2v) is 3.56. The Morgan fingerprint density at radius 2 is 2.40 bits per heavy atom. The maximum absolute atomic E-state index is 11.0. The molecule has 0 aromatic carbocycles. The second-order valence-electron chi connectivity index (χ2n) is 3.56. The van der Waals surface area contributed by atoms with Crippen molar-refractivity contribution in [2.75, 3.05) is 7.05 Å². The van der Waals surface area contributed by atoms with Crippen LogP contribution in [0.15, 0.2) is 12.4 Å². The number of amides is 1. The van der Waals surface area contributed by atoms with Gasteiger partial charge in [-0.2, -0.15) is 0 Å². The average molecular weight is 209 g/mol. The molecule has 1 aromatic heterocycles. The predicted molar refractivity (Wildman–Crippen MR) is 59.5 cm³/mol. The molecule has 84 valence electrons. The Bertz CT molecular complexity index is 307. The van der Waals surface area contributed by atoms with Crippen LogP contribution in [0.1, 0.15) is 32.0 Å². The van der Waals surface area contributed by atoms with E-state index in [0.717, 1.165) is 31.6 Å². The van der Waals surface area contributed by atoms with Crippen molar-refractivity contribution in [1.82, 2.24) is 14.9 Å². The summed E-state index contributed by atoms with van der Waals surface area (Å²) in [5.41, 5.74) is 0. The third-order valence-electron chi connectivity index (χ3n) is 2.36. The van der Waals surface area contributed by atoms with Gasteiger partial charge in [-0.05, 0) is 12.8 Å². The molecule has 0 bridgehead atoms. The van der Waals surface area contributed by atoms with Crippen molar-refractivity contribution in [3.63, 3.8) is 0 Å². The molecule has 0 aliphatic heterocycles. The summed E-state index contributed by atoms with van der Waals surface area (Å²) in [6.45, 7) is 3.02. The Balaban J connectivity index is 2.36. The summed E-state index contributed by atoms with van der Waals surface area (Å²) < 4.78 is 2.13. The van der Waals surface area contributed by atoms with Crippen molar-refractivity contribution in [1.29, 1.82) is 0 Å². The lowest BCUT2D eigenvalue weighted by molar-refractivity contribution is -0.120. The maximum atomic E-state index is 11.0. The Kier molecular flexibility index (Phi) is 4.87. The van der Waals surface area contributed by atoms with E-state index in [4.69, 9.17) is 0 Å².